The van der Waals surface area contributed by atoms with Crippen LogP contribution in [0.25, 0.3) is 10.8 Å². The Morgan fingerprint density at radius 3 is 1.97 bits per heavy atom. The van der Waals surface area contributed by atoms with Gasteiger partial charge in [-0.05, 0) is 24.8 Å². The summed E-state index contributed by atoms with van der Waals surface area (Å²) in [7, 11) is -3.49. The lowest BCUT2D eigenvalue weighted by atomic mass is 10.1. The average Bonchev–Trinajstić information content (AvgIpc) is 2.92. The maximum atomic E-state index is 13.4. The summed E-state index contributed by atoms with van der Waals surface area (Å²) in [4.78, 5) is 5.58. The van der Waals surface area contributed by atoms with E-state index < -0.39 is 7.60 Å². The van der Waals surface area contributed by atoms with E-state index in [-0.39, 0.29) is 12.8 Å². The second kappa shape index (κ2) is 20.5. The van der Waals surface area contributed by atoms with Crippen LogP contribution >= 0.6 is 7.60 Å². The van der Waals surface area contributed by atoms with Crippen LogP contribution < -0.4 is 4.89 Å². The van der Waals surface area contributed by atoms with Crippen LogP contribution in [0.1, 0.15) is 90.9 Å². The highest BCUT2D eigenvalue weighted by molar-refractivity contribution is 7.53. The Bertz CT molecular complexity index is 869. The Labute approximate surface area is 224 Å². The highest BCUT2D eigenvalue weighted by Gasteiger charge is 2.27. The summed E-state index contributed by atoms with van der Waals surface area (Å²) in [6, 6.07) is 13.5. The first-order chi connectivity index (χ1) is 18.2. The molecule has 1 unspecified atom stereocenters. The summed E-state index contributed by atoms with van der Waals surface area (Å²) in [6.07, 6.45) is 15.3. The number of unbranched alkanes of at least 4 members (excludes halogenated alkanes) is 11. The van der Waals surface area contributed by atoms with Gasteiger partial charge < -0.3 is 18.9 Å². The zero-order valence-electron chi connectivity index (χ0n) is 23.2. The fourth-order valence-electron chi connectivity index (χ4n) is 4.18. The third kappa shape index (κ3) is 14.3. The van der Waals surface area contributed by atoms with Crippen LogP contribution in [0.3, 0.4) is 0 Å². The third-order valence-corrected chi connectivity index (χ3v) is 7.97. The van der Waals surface area contributed by atoms with Gasteiger partial charge in [0.15, 0.2) is 5.75 Å². The van der Waals surface area contributed by atoms with Crippen LogP contribution in [0.2, 0.25) is 0 Å². The Balaban J connectivity index is 1.70. The zero-order valence-corrected chi connectivity index (χ0v) is 24.1. The minimum atomic E-state index is -3.49. The van der Waals surface area contributed by atoms with E-state index >= 15 is 0 Å². The molecule has 6 nitrogen and oxygen atoms in total. The molecule has 0 heterocycles. The molecule has 0 aliphatic heterocycles. The van der Waals surface area contributed by atoms with E-state index in [0.717, 1.165) is 23.6 Å². The molecule has 37 heavy (non-hydrogen) atoms. The Kier molecular flexibility index (Phi) is 17.6. The number of fused-ring (bicyclic) bond motifs is 1. The summed E-state index contributed by atoms with van der Waals surface area (Å²) in [5.74, 6) is 0.518. The number of ether oxygens (including phenoxy) is 2. The molecule has 0 aliphatic rings. The lowest BCUT2D eigenvalue weighted by Gasteiger charge is -2.18. The van der Waals surface area contributed by atoms with Crippen molar-refractivity contribution in [2.24, 2.45) is 0 Å². The molecule has 0 aromatic heterocycles. The van der Waals surface area contributed by atoms with E-state index in [1.54, 1.807) is 6.07 Å². The molecule has 0 spiro atoms. The summed E-state index contributed by atoms with van der Waals surface area (Å²) in [5.41, 5.74) is 0. The van der Waals surface area contributed by atoms with Crippen LogP contribution in [0.5, 0.6) is 5.75 Å². The first-order valence-electron chi connectivity index (χ1n) is 14.4. The summed E-state index contributed by atoms with van der Waals surface area (Å²) in [6.45, 7) is 6.43. The van der Waals surface area contributed by atoms with Crippen molar-refractivity contribution in [3.8, 4) is 5.75 Å². The maximum absolute atomic E-state index is 13.4. The van der Waals surface area contributed by atoms with Crippen LogP contribution in [0, 0.1) is 0 Å². The largest absolute Gasteiger partial charge is 0.379 e. The minimum absolute atomic E-state index is 0.127. The summed E-state index contributed by atoms with van der Waals surface area (Å²) < 4.78 is 35.5. The SMILES string of the molecule is CCCCCCCCCCCCCCOP(=O)(CCOCCOCC)OOc1cccc2ccccc12. The second-order valence-electron chi connectivity index (χ2n) is 9.50. The van der Waals surface area contributed by atoms with Gasteiger partial charge in [0.2, 0.25) is 0 Å². The van der Waals surface area contributed by atoms with Gasteiger partial charge in [-0.1, -0.05) is 119 Å². The average molecular weight is 537 g/mol. The molecule has 7 heteroatoms. The normalized spacial score (nSPS) is 13.1. The van der Waals surface area contributed by atoms with Gasteiger partial charge in [0.05, 0.1) is 32.6 Å². The molecule has 0 amide bonds. The van der Waals surface area contributed by atoms with E-state index in [2.05, 4.69) is 6.92 Å². The fourth-order valence-corrected chi connectivity index (χ4v) is 5.38. The van der Waals surface area contributed by atoms with Gasteiger partial charge in [-0.15, -0.1) is 0 Å². The molecule has 1 atom stereocenters. The Morgan fingerprint density at radius 2 is 1.27 bits per heavy atom. The van der Waals surface area contributed by atoms with Crippen LogP contribution in [-0.4, -0.2) is 39.2 Å². The summed E-state index contributed by atoms with van der Waals surface area (Å²) >= 11 is 0. The highest BCUT2D eigenvalue weighted by Crippen LogP contribution is 2.48. The van der Waals surface area contributed by atoms with Crippen LogP contribution in [-0.2, 0) is 23.2 Å². The molecule has 0 aliphatic carbocycles. The van der Waals surface area contributed by atoms with E-state index in [9.17, 15) is 4.57 Å². The second-order valence-corrected chi connectivity index (χ2v) is 11.6. The van der Waals surface area contributed by atoms with Crippen molar-refractivity contribution < 1.29 is 28.1 Å². The standard InChI is InChI=1S/C30H49O6P/c1-3-5-6-7-8-9-10-11-12-13-14-17-23-34-37(31,27-26-33-25-24-32-4-2)36-35-30-22-18-20-28-19-15-16-21-29(28)30/h15-16,18-22H,3-14,17,23-27H2,1-2H3. The Hall–Kier alpha value is -1.43. The van der Waals surface area contributed by atoms with Gasteiger partial charge in [0.1, 0.15) is 0 Å². The first-order valence-corrected chi connectivity index (χ1v) is 16.1. The van der Waals surface area contributed by atoms with Crippen molar-refractivity contribution in [3.05, 3.63) is 42.5 Å². The molecule has 0 bridgehead atoms. The van der Waals surface area contributed by atoms with Crippen molar-refractivity contribution in [3.63, 3.8) is 0 Å². The number of hydrogen-bond donors (Lipinski definition) is 0. The van der Waals surface area contributed by atoms with Crippen molar-refractivity contribution >= 4 is 18.4 Å². The van der Waals surface area contributed by atoms with E-state index in [1.807, 2.05) is 43.3 Å². The van der Waals surface area contributed by atoms with Gasteiger partial charge in [-0.25, -0.2) is 0 Å². The Morgan fingerprint density at radius 1 is 0.649 bits per heavy atom. The van der Waals surface area contributed by atoms with Gasteiger partial charge in [0.25, 0.3) is 0 Å². The molecular formula is C30H49O6P. The van der Waals surface area contributed by atoms with Crippen molar-refractivity contribution in [2.45, 2.75) is 90.9 Å². The predicted octanol–water partition coefficient (Wildman–Crippen LogP) is 9.11. The topological polar surface area (TPSA) is 63.2 Å². The molecule has 0 radical (unpaired) electrons. The molecule has 0 saturated carbocycles. The fraction of sp³-hybridized carbons (Fsp3) is 0.667. The van der Waals surface area contributed by atoms with Crippen LogP contribution in [0.15, 0.2) is 42.5 Å². The van der Waals surface area contributed by atoms with Gasteiger partial charge in [-0.3, -0.25) is 4.57 Å². The molecule has 0 saturated heterocycles. The van der Waals surface area contributed by atoms with Crippen molar-refractivity contribution in [1.29, 1.82) is 0 Å². The van der Waals surface area contributed by atoms with Crippen molar-refractivity contribution in [2.75, 3.05) is 39.2 Å². The molecule has 210 valence electrons. The van der Waals surface area contributed by atoms with Gasteiger partial charge in [-0.2, -0.15) is 0 Å². The number of rotatable bonds is 24. The zero-order chi connectivity index (χ0) is 26.4. The molecule has 0 N–H and O–H groups in total. The third-order valence-electron chi connectivity index (χ3n) is 6.36. The molecule has 2 aromatic carbocycles. The molecular weight excluding hydrogens is 487 g/mol. The molecule has 0 fully saturated rings. The lowest BCUT2D eigenvalue weighted by molar-refractivity contribution is -0.112. The predicted molar refractivity (Wildman–Crippen MR) is 152 cm³/mol. The van der Waals surface area contributed by atoms with Gasteiger partial charge in [0, 0.05) is 12.0 Å². The van der Waals surface area contributed by atoms with Crippen LogP contribution in [0.4, 0.5) is 0 Å². The molecule has 2 rings (SSSR count). The minimum Gasteiger partial charge on any atom is -0.379 e. The summed E-state index contributed by atoms with van der Waals surface area (Å²) in [5, 5.41) is 1.92. The number of hydrogen-bond acceptors (Lipinski definition) is 6. The monoisotopic (exact) mass is 536 g/mol. The smallest absolute Gasteiger partial charge is 0.371 e. The molecule has 2 aromatic rings. The maximum Gasteiger partial charge on any atom is 0.371 e. The van der Waals surface area contributed by atoms with E-state index in [1.165, 1.54) is 64.2 Å². The van der Waals surface area contributed by atoms with Crippen molar-refractivity contribution in [1.82, 2.24) is 0 Å². The lowest BCUT2D eigenvalue weighted by Crippen LogP contribution is -2.11. The highest BCUT2D eigenvalue weighted by atomic mass is 31.2. The quantitative estimate of drug-likeness (QED) is 0.0577. The van der Waals surface area contributed by atoms with E-state index in [0.29, 0.717) is 32.2 Å². The first kappa shape index (κ1) is 31.8. The number of benzene rings is 2. The van der Waals surface area contributed by atoms with E-state index in [4.69, 9.17) is 23.6 Å². The van der Waals surface area contributed by atoms with Gasteiger partial charge >= 0.3 is 7.60 Å².